The molecule has 0 unspecified atom stereocenters. The number of nitrogens with one attached hydrogen (secondary N) is 1. The molecule has 0 atom stereocenters. The monoisotopic (exact) mass is 449 g/mol. The second-order valence-corrected chi connectivity index (χ2v) is 5.72. The first-order valence-electron chi connectivity index (χ1n) is 7.31. The van der Waals surface area contributed by atoms with Crippen LogP contribution in [0.15, 0.2) is 44.6 Å². The van der Waals surface area contributed by atoms with Crippen LogP contribution in [0.3, 0.4) is 0 Å². The molecule has 0 amide bonds. The fourth-order valence-corrected chi connectivity index (χ4v) is 2.70. The number of thiophene rings is 1. The van der Waals surface area contributed by atoms with Gasteiger partial charge < -0.3 is 19.4 Å². The van der Waals surface area contributed by atoms with Crippen molar-refractivity contribution in [2.45, 2.75) is 13.0 Å². The molecule has 128 valence electrons. The maximum absolute atomic E-state index is 5.35. The first kappa shape index (κ1) is 20.0. The van der Waals surface area contributed by atoms with Crippen molar-refractivity contribution in [1.29, 1.82) is 0 Å². The van der Waals surface area contributed by atoms with E-state index in [-0.39, 0.29) is 24.0 Å². The van der Waals surface area contributed by atoms with Crippen LogP contribution in [-0.4, -0.2) is 44.7 Å². The van der Waals surface area contributed by atoms with Crippen molar-refractivity contribution in [3.8, 4) is 0 Å². The minimum Gasteiger partial charge on any atom is -0.469 e. The molecule has 23 heavy (non-hydrogen) atoms. The van der Waals surface area contributed by atoms with Crippen LogP contribution in [-0.2, 0) is 17.7 Å². The third-order valence-electron chi connectivity index (χ3n) is 3.15. The van der Waals surface area contributed by atoms with Gasteiger partial charge in [-0.3, -0.25) is 4.99 Å². The van der Waals surface area contributed by atoms with E-state index >= 15 is 0 Å². The van der Waals surface area contributed by atoms with E-state index in [1.165, 1.54) is 5.56 Å². The molecule has 0 spiro atoms. The van der Waals surface area contributed by atoms with E-state index in [4.69, 9.17) is 9.15 Å². The zero-order valence-corrected chi connectivity index (χ0v) is 16.7. The predicted octanol–water partition coefficient (Wildman–Crippen LogP) is 3.23. The van der Waals surface area contributed by atoms with E-state index in [0.29, 0.717) is 13.2 Å². The number of hydrogen-bond donors (Lipinski definition) is 1. The molecule has 0 aliphatic carbocycles. The summed E-state index contributed by atoms with van der Waals surface area (Å²) in [6, 6.07) is 6.03. The van der Waals surface area contributed by atoms with E-state index < -0.39 is 0 Å². The SMILES string of the molecule is COCCN=C(NCCc1ccco1)N(C)Cc1ccsc1.I. The van der Waals surface area contributed by atoms with E-state index in [1.807, 2.05) is 19.2 Å². The van der Waals surface area contributed by atoms with Gasteiger partial charge in [-0.1, -0.05) is 0 Å². The second kappa shape index (κ2) is 11.5. The van der Waals surface area contributed by atoms with Crippen molar-refractivity contribution in [2.24, 2.45) is 4.99 Å². The third-order valence-corrected chi connectivity index (χ3v) is 3.89. The number of guanidine groups is 1. The van der Waals surface area contributed by atoms with Gasteiger partial charge in [-0.15, -0.1) is 24.0 Å². The number of halogens is 1. The zero-order valence-electron chi connectivity index (χ0n) is 13.5. The lowest BCUT2D eigenvalue weighted by Crippen LogP contribution is -2.39. The van der Waals surface area contributed by atoms with Gasteiger partial charge in [0.05, 0.1) is 19.4 Å². The first-order chi connectivity index (χ1) is 10.8. The van der Waals surface area contributed by atoms with Gasteiger partial charge in [-0.2, -0.15) is 11.3 Å². The Labute approximate surface area is 158 Å². The molecule has 0 aliphatic rings. The molecule has 7 heteroatoms. The topological polar surface area (TPSA) is 50.0 Å². The average Bonchev–Trinajstić information content (AvgIpc) is 3.19. The average molecular weight is 449 g/mol. The highest BCUT2D eigenvalue weighted by Gasteiger charge is 2.07. The molecule has 0 saturated carbocycles. The van der Waals surface area contributed by atoms with Gasteiger partial charge in [0.1, 0.15) is 5.76 Å². The summed E-state index contributed by atoms with van der Waals surface area (Å²) in [5, 5.41) is 7.64. The van der Waals surface area contributed by atoms with Crippen LogP contribution in [0.4, 0.5) is 0 Å². The Morgan fingerprint density at radius 1 is 1.43 bits per heavy atom. The molecule has 2 rings (SSSR count). The van der Waals surface area contributed by atoms with Crippen LogP contribution >= 0.6 is 35.3 Å². The molecule has 0 radical (unpaired) electrons. The Morgan fingerprint density at radius 3 is 2.96 bits per heavy atom. The summed E-state index contributed by atoms with van der Waals surface area (Å²) in [6.07, 6.45) is 2.54. The Hall–Kier alpha value is -1.06. The normalized spacial score (nSPS) is 11.1. The lowest BCUT2D eigenvalue weighted by atomic mass is 10.3. The molecule has 1 N–H and O–H groups in total. The number of aliphatic imine (C=N–C) groups is 1. The highest BCUT2D eigenvalue weighted by atomic mass is 127. The van der Waals surface area contributed by atoms with Gasteiger partial charge in [0.15, 0.2) is 5.96 Å². The fourth-order valence-electron chi connectivity index (χ4n) is 2.04. The minimum absolute atomic E-state index is 0. The molecular weight excluding hydrogens is 425 g/mol. The highest BCUT2D eigenvalue weighted by molar-refractivity contribution is 14.0. The van der Waals surface area contributed by atoms with Crippen LogP contribution in [0.1, 0.15) is 11.3 Å². The van der Waals surface area contributed by atoms with Gasteiger partial charge in [0.25, 0.3) is 0 Å². The molecular formula is C16H24IN3O2S. The van der Waals surface area contributed by atoms with Gasteiger partial charge in [0.2, 0.25) is 0 Å². The summed E-state index contributed by atoms with van der Waals surface area (Å²) >= 11 is 1.71. The van der Waals surface area contributed by atoms with Crippen LogP contribution in [0.25, 0.3) is 0 Å². The van der Waals surface area contributed by atoms with Crippen LogP contribution < -0.4 is 5.32 Å². The summed E-state index contributed by atoms with van der Waals surface area (Å²) in [6.45, 7) is 2.89. The van der Waals surface area contributed by atoms with Crippen LogP contribution in [0.5, 0.6) is 0 Å². The van der Waals surface area contributed by atoms with Crippen LogP contribution in [0, 0.1) is 0 Å². The number of nitrogens with zero attached hydrogens (tertiary/aromatic N) is 2. The molecule has 0 aliphatic heterocycles. The third kappa shape index (κ3) is 7.36. The van der Waals surface area contributed by atoms with Crippen molar-refractivity contribution in [2.75, 3.05) is 33.9 Å². The molecule has 5 nitrogen and oxygen atoms in total. The Kier molecular flexibility index (Phi) is 9.97. The largest absolute Gasteiger partial charge is 0.469 e. The molecule has 0 fully saturated rings. The Balaban J connectivity index is 0.00000264. The van der Waals surface area contributed by atoms with Gasteiger partial charge in [0, 0.05) is 33.7 Å². The lowest BCUT2D eigenvalue weighted by molar-refractivity contribution is 0.207. The summed E-state index contributed by atoms with van der Waals surface area (Å²) in [5.41, 5.74) is 1.29. The number of rotatable bonds is 8. The van der Waals surface area contributed by atoms with Crippen molar-refractivity contribution in [3.05, 3.63) is 46.5 Å². The first-order valence-corrected chi connectivity index (χ1v) is 8.25. The predicted molar refractivity (Wildman–Crippen MR) is 106 cm³/mol. The summed E-state index contributed by atoms with van der Waals surface area (Å²) in [4.78, 5) is 6.72. The number of ether oxygens (including phenoxy) is 1. The molecule has 0 saturated heterocycles. The lowest BCUT2D eigenvalue weighted by Gasteiger charge is -2.22. The van der Waals surface area contributed by atoms with Crippen molar-refractivity contribution in [1.82, 2.24) is 10.2 Å². The zero-order chi connectivity index (χ0) is 15.6. The van der Waals surface area contributed by atoms with E-state index in [0.717, 1.165) is 31.2 Å². The fraction of sp³-hybridized carbons (Fsp3) is 0.438. The number of furan rings is 1. The summed E-state index contributed by atoms with van der Waals surface area (Å²) < 4.78 is 10.4. The molecule has 2 aromatic rings. The van der Waals surface area contributed by atoms with Crippen LogP contribution in [0.2, 0.25) is 0 Å². The molecule has 2 aromatic heterocycles. The Bertz CT molecular complexity index is 544. The maximum atomic E-state index is 5.35. The van der Waals surface area contributed by atoms with E-state index in [1.54, 1.807) is 24.7 Å². The number of methoxy groups -OCH3 is 1. The molecule has 2 heterocycles. The smallest absolute Gasteiger partial charge is 0.194 e. The Morgan fingerprint density at radius 2 is 2.30 bits per heavy atom. The van der Waals surface area contributed by atoms with Crippen molar-refractivity contribution < 1.29 is 9.15 Å². The van der Waals surface area contributed by atoms with Gasteiger partial charge in [-0.25, -0.2) is 0 Å². The van der Waals surface area contributed by atoms with Crippen molar-refractivity contribution in [3.63, 3.8) is 0 Å². The standard InChI is InChI=1S/C16H23N3O2S.HI/c1-19(12-14-6-11-22-13-14)16(18-8-10-20-2)17-7-5-15-4-3-9-21-15;/h3-4,6,9,11,13H,5,7-8,10,12H2,1-2H3,(H,17,18);1H. The van der Waals surface area contributed by atoms with E-state index in [9.17, 15) is 0 Å². The van der Waals surface area contributed by atoms with E-state index in [2.05, 4.69) is 32.0 Å². The summed E-state index contributed by atoms with van der Waals surface area (Å²) in [5.74, 6) is 1.86. The minimum atomic E-state index is 0. The summed E-state index contributed by atoms with van der Waals surface area (Å²) in [7, 11) is 3.73. The number of hydrogen-bond acceptors (Lipinski definition) is 4. The van der Waals surface area contributed by atoms with Gasteiger partial charge >= 0.3 is 0 Å². The maximum Gasteiger partial charge on any atom is 0.194 e. The van der Waals surface area contributed by atoms with Gasteiger partial charge in [-0.05, 0) is 34.5 Å². The molecule has 0 bridgehead atoms. The van der Waals surface area contributed by atoms with Crippen molar-refractivity contribution >= 4 is 41.3 Å². The molecule has 0 aromatic carbocycles. The quantitative estimate of drug-likeness (QED) is 0.291. The highest BCUT2D eigenvalue weighted by Crippen LogP contribution is 2.08. The second-order valence-electron chi connectivity index (χ2n) is 4.94.